The Bertz CT molecular complexity index is 243. The number of carbonyl (C=O) groups is 1. The Labute approximate surface area is 53.4 Å². The third-order valence-corrected chi connectivity index (χ3v) is 1.58. The van der Waals surface area contributed by atoms with Gasteiger partial charge in [0.15, 0.2) is 5.78 Å². The highest BCUT2D eigenvalue weighted by Crippen LogP contribution is 2.27. The molecule has 1 atom stereocenters. The summed E-state index contributed by atoms with van der Waals surface area (Å²) in [5, 5.41) is 0. The zero-order valence-electron chi connectivity index (χ0n) is 4.79. The molecule has 1 nitrogen and oxygen atoms in total. The van der Waals surface area contributed by atoms with Crippen LogP contribution in [0.4, 0.5) is 0 Å². The third-order valence-electron chi connectivity index (χ3n) is 1.58. The first kappa shape index (κ1) is 4.74. The van der Waals surface area contributed by atoms with Gasteiger partial charge in [-0.1, -0.05) is 24.3 Å². The second kappa shape index (κ2) is 1.44. The Kier molecular flexibility index (Phi) is 0.758. The number of carbonyl (C=O) groups excluding carboxylic acids is 1. The van der Waals surface area contributed by atoms with Crippen molar-refractivity contribution in [1.82, 2.24) is 0 Å². The molecule has 0 fully saturated rings. The number of hydrogen-bond donors (Lipinski definition) is 0. The normalized spacial score (nSPS) is 29.1. The van der Waals surface area contributed by atoms with Gasteiger partial charge in [-0.3, -0.25) is 4.79 Å². The minimum absolute atomic E-state index is 0.0509. The topological polar surface area (TPSA) is 17.1 Å². The molecule has 0 spiro atoms. The van der Waals surface area contributed by atoms with Crippen LogP contribution >= 0.6 is 0 Å². The van der Waals surface area contributed by atoms with E-state index in [9.17, 15) is 4.79 Å². The van der Waals surface area contributed by atoms with Crippen LogP contribution in [0.5, 0.6) is 0 Å². The molecule has 0 saturated carbocycles. The van der Waals surface area contributed by atoms with Crippen molar-refractivity contribution in [3.8, 4) is 0 Å². The molecule has 1 radical (unpaired) electrons. The largest absolute Gasteiger partial charge is 0.293 e. The lowest BCUT2D eigenvalue weighted by molar-refractivity contribution is -0.118. The van der Waals surface area contributed by atoms with E-state index >= 15 is 0 Å². The van der Waals surface area contributed by atoms with Crippen molar-refractivity contribution in [2.24, 2.45) is 5.92 Å². The van der Waals surface area contributed by atoms with Gasteiger partial charge in [0.25, 0.3) is 0 Å². The smallest absolute Gasteiger partial charge is 0.175 e. The second-order valence-electron chi connectivity index (χ2n) is 2.17. The minimum atomic E-state index is 0.0509. The average Bonchev–Trinajstić information content (AvgIpc) is 1.86. The first-order valence-corrected chi connectivity index (χ1v) is 2.90. The van der Waals surface area contributed by atoms with Gasteiger partial charge < -0.3 is 0 Å². The van der Waals surface area contributed by atoms with Gasteiger partial charge in [-0.15, -0.1) is 0 Å². The minimum Gasteiger partial charge on any atom is -0.293 e. The van der Waals surface area contributed by atoms with E-state index in [2.05, 4.69) is 6.08 Å². The lowest BCUT2D eigenvalue weighted by Gasteiger charge is -2.20. The summed E-state index contributed by atoms with van der Waals surface area (Å²) in [7, 11) is 0. The summed E-state index contributed by atoms with van der Waals surface area (Å²) < 4.78 is 0. The monoisotopic (exact) mass is 117 g/mol. The van der Waals surface area contributed by atoms with E-state index in [-0.39, 0.29) is 11.7 Å². The van der Waals surface area contributed by atoms with Gasteiger partial charge in [0.2, 0.25) is 0 Å². The van der Waals surface area contributed by atoms with Crippen LogP contribution < -0.4 is 0 Å². The highest BCUT2D eigenvalue weighted by Gasteiger charge is 2.27. The number of ketones is 1. The summed E-state index contributed by atoms with van der Waals surface area (Å²) in [6, 6.07) is 0. The Balaban J connectivity index is 2.43. The van der Waals surface area contributed by atoms with Gasteiger partial charge in [-0.2, -0.15) is 0 Å². The van der Waals surface area contributed by atoms with Crippen molar-refractivity contribution in [3.05, 3.63) is 36.0 Å². The summed E-state index contributed by atoms with van der Waals surface area (Å²) in [6.07, 6.45) is 10.3. The zero-order chi connectivity index (χ0) is 6.27. The Morgan fingerprint density at radius 2 is 2.33 bits per heavy atom. The van der Waals surface area contributed by atoms with E-state index in [0.717, 1.165) is 5.57 Å². The van der Waals surface area contributed by atoms with Crippen molar-refractivity contribution < 1.29 is 4.79 Å². The van der Waals surface area contributed by atoms with Crippen LogP contribution in [-0.2, 0) is 4.79 Å². The molecular formula is C8H5O. The van der Waals surface area contributed by atoms with E-state index < -0.39 is 0 Å². The molecule has 0 aromatic rings. The standard InChI is InChI=1S/C8H5O/c9-8-5-6-3-1-2-4-7(6)8/h1-4,7H. The van der Waals surface area contributed by atoms with Crippen LogP contribution in [0.25, 0.3) is 0 Å². The van der Waals surface area contributed by atoms with Crippen LogP contribution in [0.2, 0.25) is 0 Å². The lowest BCUT2D eigenvalue weighted by atomic mass is 9.81. The molecule has 2 aliphatic carbocycles. The van der Waals surface area contributed by atoms with Crippen molar-refractivity contribution in [2.45, 2.75) is 0 Å². The molecule has 0 amide bonds. The lowest BCUT2D eigenvalue weighted by Crippen LogP contribution is -2.23. The molecule has 0 heterocycles. The molecule has 0 aliphatic heterocycles. The quantitative estimate of drug-likeness (QED) is 0.463. The van der Waals surface area contributed by atoms with E-state index in [1.165, 1.54) is 0 Å². The van der Waals surface area contributed by atoms with Gasteiger partial charge in [0, 0.05) is 6.08 Å². The highest BCUT2D eigenvalue weighted by molar-refractivity contribution is 6.00. The molecule has 0 aromatic heterocycles. The van der Waals surface area contributed by atoms with Gasteiger partial charge in [-0.25, -0.2) is 0 Å². The maximum Gasteiger partial charge on any atom is 0.175 e. The van der Waals surface area contributed by atoms with Crippen molar-refractivity contribution in [3.63, 3.8) is 0 Å². The molecule has 0 aromatic carbocycles. The van der Waals surface area contributed by atoms with Gasteiger partial charge >= 0.3 is 0 Å². The number of allylic oxidation sites excluding steroid dienone is 6. The van der Waals surface area contributed by atoms with Crippen LogP contribution in [-0.4, -0.2) is 5.78 Å². The molecule has 0 bridgehead atoms. The van der Waals surface area contributed by atoms with Crippen LogP contribution in [0.15, 0.2) is 29.9 Å². The van der Waals surface area contributed by atoms with Crippen molar-refractivity contribution in [1.29, 1.82) is 0 Å². The summed E-state index contributed by atoms with van der Waals surface area (Å²) in [6.45, 7) is 0. The fourth-order valence-electron chi connectivity index (χ4n) is 1.03. The highest BCUT2D eigenvalue weighted by atomic mass is 16.1. The predicted molar refractivity (Wildman–Crippen MR) is 33.5 cm³/mol. The summed E-state index contributed by atoms with van der Waals surface area (Å²) >= 11 is 0. The molecular weight excluding hydrogens is 112 g/mol. The molecule has 2 rings (SSSR count). The molecule has 0 N–H and O–H groups in total. The molecule has 0 saturated heterocycles. The first-order valence-electron chi connectivity index (χ1n) is 2.90. The van der Waals surface area contributed by atoms with E-state index in [1.807, 2.05) is 24.3 Å². The fourth-order valence-corrected chi connectivity index (χ4v) is 1.03. The van der Waals surface area contributed by atoms with Crippen LogP contribution in [0.3, 0.4) is 0 Å². The van der Waals surface area contributed by atoms with Crippen LogP contribution in [0.1, 0.15) is 0 Å². The maximum absolute atomic E-state index is 10.6. The predicted octanol–water partition coefficient (Wildman–Crippen LogP) is 1.04. The maximum atomic E-state index is 10.6. The fraction of sp³-hybridized carbons (Fsp3) is 0.125. The Morgan fingerprint density at radius 1 is 1.44 bits per heavy atom. The first-order chi connectivity index (χ1) is 4.38. The summed E-state index contributed by atoms with van der Waals surface area (Å²) in [4.78, 5) is 10.6. The zero-order valence-corrected chi connectivity index (χ0v) is 4.79. The second-order valence-corrected chi connectivity index (χ2v) is 2.17. The van der Waals surface area contributed by atoms with Crippen molar-refractivity contribution >= 4 is 5.78 Å². The molecule has 1 unspecified atom stereocenters. The van der Waals surface area contributed by atoms with E-state index in [4.69, 9.17) is 0 Å². The van der Waals surface area contributed by atoms with E-state index in [0.29, 0.717) is 0 Å². The Hall–Kier alpha value is -1.11. The van der Waals surface area contributed by atoms with E-state index in [1.54, 1.807) is 0 Å². The third kappa shape index (κ3) is 0.515. The average molecular weight is 117 g/mol. The Morgan fingerprint density at radius 3 is 2.89 bits per heavy atom. The molecule has 1 heteroatoms. The van der Waals surface area contributed by atoms with Crippen molar-refractivity contribution in [2.75, 3.05) is 0 Å². The van der Waals surface area contributed by atoms with Gasteiger partial charge in [0.05, 0.1) is 5.92 Å². The molecule has 43 valence electrons. The van der Waals surface area contributed by atoms with Crippen LogP contribution in [0, 0.1) is 12.0 Å². The number of Topliss-reactive ketones (excluding diaryl/α,β-unsaturated/α-hetero) is 1. The number of hydrogen-bond acceptors (Lipinski definition) is 1. The van der Waals surface area contributed by atoms with Gasteiger partial charge in [0.1, 0.15) is 0 Å². The molecule has 9 heavy (non-hydrogen) atoms. The summed E-state index contributed by atoms with van der Waals surface area (Å²) in [5.41, 5.74) is 1.03. The number of rotatable bonds is 0. The SMILES string of the molecule is O=C1[C]=C2C=CC=CC12. The number of fused-ring (bicyclic) bond motifs is 1. The molecule has 2 aliphatic rings. The van der Waals surface area contributed by atoms with Gasteiger partial charge in [-0.05, 0) is 5.57 Å². The summed E-state index contributed by atoms with van der Waals surface area (Å²) in [5.74, 6) is 0.167.